The van der Waals surface area contributed by atoms with Crippen LogP contribution in [-0.4, -0.2) is 20.7 Å². The van der Waals surface area contributed by atoms with Gasteiger partial charge in [0.15, 0.2) is 5.16 Å². The molecule has 208 valence electrons. The van der Waals surface area contributed by atoms with Crippen molar-refractivity contribution in [3.8, 4) is 0 Å². The van der Waals surface area contributed by atoms with Crippen LogP contribution in [0.3, 0.4) is 0 Å². The Morgan fingerprint density at radius 2 is 1.41 bits per heavy atom. The summed E-state index contributed by atoms with van der Waals surface area (Å²) in [4.78, 5) is 12.6. The van der Waals surface area contributed by atoms with E-state index in [0.29, 0.717) is 29.8 Å². The highest BCUT2D eigenvalue weighted by molar-refractivity contribution is 7.98. The largest absolute Gasteiger partial charge is 0.416 e. The molecule has 5 nitrogen and oxygen atoms in total. The van der Waals surface area contributed by atoms with E-state index in [2.05, 4.69) is 44.3 Å². The molecular formula is C32H27F3N4OS. The zero-order valence-corrected chi connectivity index (χ0v) is 22.8. The minimum absolute atomic E-state index is 0.00272. The molecule has 0 spiro atoms. The molecule has 0 saturated heterocycles. The lowest BCUT2D eigenvalue weighted by molar-refractivity contribution is -0.137. The summed E-state index contributed by atoms with van der Waals surface area (Å²) >= 11 is 1.57. The number of rotatable bonds is 10. The monoisotopic (exact) mass is 572 g/mol. The van der Waals surface area contributed by atoms with Crippen molar-refractivity contribution < 1.29 is 18.0 Å². The minimum atomic E-state index is -4.42. The number of carbonyl (C=O) groups is 1. The first-order valence-corrected chi connectivity index (χ1v) is 14.0. The Kier molecular flexibility index (Phi) is 8.84. The maximum absolute atomic E-state index is 13.0. The average molecular weight is 573 g/mol. The number of hydrogen-bond acceptors (Lipinski definition) is 4. The average Bonchev–Trinajstić information content (AvgIpc) is 3.36. The van der Waals surface area contributed by atoms with Gasteiger partial charge in [0.1, 0.15) is 5.82 Å². The molecule has 1 amide bonds. The molecule has 0 atom stereocenters. The third-order valence-corrected chi connectivity index (χ3v) is 7.51. The van der Waals surface area contributed by atoms with Crippen LogP contribution in [0, 0.1) is 0 Å². The van der Waals surface area contributed by atoms with Gasteiger partial charge in [0.05, 0.1) is 12.1 Å². The molecule has 0 aliphatic heterocycles. The standard InChI is InChI=1S/C32H27F3N4OS/c33-32(34,35)28-13-7-12-26(18-28)20-36-30(40)27-16-14-25(15-17-27)22-41-31-38-37-29(19-23-8-3-1-4-9-23)39(31)21-24-10-5-2-6-11-24/h1-18H,19-22H2,(H,36,40). The number of amides is 1. The van der Waals surface area contributed by atoms with Crippen LogP contribution in [0.5, 0.6) is 0 Å². The molecule has 1 aromatic heterocycles. The van der Waals surface area contributed by atoms with Crippen molar-refractivity contribution in [1.82, 2.24) is 20.1 Å². The lowest BCUT2D eigenvalue weighted by Crippen LogP contribution is -2.23. The van der Waals surface area contributed by atoms with Gasteiger partial charge in [-0.05, 0) is 46.5 Å². The van der Waals surface area contributed by atoms with Crippen LogP contribution < -0.4 is 5.32 Å². The number of hydrogen-bond donors (Lipinski definition) is 1. The van der Waals surface area contributed by atoms with Crippen LogP contribution in [0.4, 0.5) is 13.2 Å². The molecule has 4 aromatic carbocycles. The summed E-state index contributed by atoms with van der Waals surface area (Å²) < 4.78 is 41.0. The van der Waals surface area contributed by atoms with Gasteiger partial charge in [-0.15, -0.1) is 10.2 Å². The summed E-state index contributed by atoms with van der Waals surface area (Å²) in [5.74, 6) is 1.16. The number of aromatic nitrogens is 3. The van der Waals surface area contributed by atoms with Crippen molar-refractivity contribution in [1.29, 1.82) is 0 Å². The van der Waals surface area contributed by atoms with Crippen LogP contribution in [-0.2, 0) is 31.4 Å². The van der Waals surface area contributed by atoms with Crippen LogP contribution in [0.1, 0.15) is 44.0 Å². The first kappa shape index (κ1) is 28.2. The highest BCUT2D eigenvalue weighted by Gasteiger charge is 2.30. The molecular weight excluding hydrogens is 545 g/mol. The summed E-state index contributed by atoms with van der Waals surface area (Å²) in [6.07, 6.45) is -3.75. The number of nitrogens with one attached hydrogen (secondary N) is 1. The second kappa shape index (κ2) is 12.9. The zero-order valence-electron chi connectivity index (χ0n) is 22.0. The molecule has 1 N–H and O–H groups in total. The SMILES string of the molecule is O=C(NCc1cccc(C(F)(F)F)c1)c1ccc(CSc2nnc(Cc3ccccc3)n2Cc2ccccc2)cc1. The number of halogens is 3. The Hall–Kier alpha value is -4.37. The summed E-state index contributed by atoms with van der Waals surface area (Å²) in [7, 11) is 0. The van der Waals surface area contributed by atoms with Gasteiger partial charge in [-0.2, -0.15) is 13.2 Å². The smallest absolute Gasteiger partial charge is 0.348 e. The lowest BCUT2D eigenvalue weighted by atomic mass is 10.1. The number of thioether (sulfide) groups is 1. The van der Waals surface area contributed by atoms with Gasteiger partial charge in [0.2, 0.25) is 0 Å². The molecule has 0 saturated carbocycles. The van der Waals surface area contributed by atoms with Crippen LogP contribution in [0.2, 0.25) is 0 Å². The third kappa shape index (κ3) is 7.64. The molecule has 5 rings (SSSR count). The van der Waals surface area contributed by atoms with Crippen LogP contribution in [0.15, 0.2) is 114 Å². The van der Waals surface area contributed by atoms with Crippen molar-refractivity contribution in [3.05, 3.63) is 148 Å². The number of benzene rings is 4. The second-order valence-corrected chi connectivity index (χ2v) is 10.4. The van der Waals surface area contributed by atoms with Crippen LogP contribution in [0.25, 0.3) is 0 Å². The summed E-state index contributed by atoms with van der Waals surface area (Å²) in [5.41, 5.74) is 3.40. The van der Waals surface area contributed by atoms with Crippen LogP contribution >= 0.6 is 11.8 Å². The zero-order chi connectivity index (χ0) is 28.7. The minimum Gasteiger partial charge on any atom is -0.348 e. The Morgan fingerprint density at radius 1 is 0.756 bits per heavy atom. The van der Waals surface area contributed by atoms with E-state index in [4.69, 9.17) is 0 Å². The van der Waals surface area contributed by atoms with Gasteiger partial charge < -0.3 is 9.88 Å². The van der Waals surface area contributed by atoms with Gasteiger partial charge in [0, 0.05) is 24.3 Å². The fourth-order valence-corrected chi connectivity index (χ4v) is 5.21. The van der Waals surface area contributed by atoms with Gasteiger partial charge in [-0.3, -0.25) is 4.79 Å². The first-order chi connectivity index (χ1) is 19.8. The maximum Gasteiger partial charge on any atom is 0.416 e. The van der Waals surface area contributed by atoms with E-state index in [1.807, 2.05) is 48.5 Å². The predicted molar refractivity (Wildman–Crippen MR) is 153 cm³/mol. The summed E-state index contributed by atoms with van der Waals surface area (Å²) in [6, 6.07) is 32.5. The van der Waals surface area contributed by atoms with Crippen molar-refractivity contribution >= 4 is 17.7 Å². The van der Waals surface area contributed by atoms with E-state index in [-0.39, 0.29) is 12.5 Å². The number of carbonyl (C=O) groups excluding carboxylic acids is 1. The van der Waals surface area contributed by atoms with Crippen molar-refractivity contribution in [2.75, 3.05) is 0 Å². The van der Waals surface area contributed by atoms with Crippen molar-refractivity contribution in [2.45, 2.75) is 36.6 Å². The van der Waals surface area contributed by atoms with E-state index in [1.165, 1.54) is 6.07 Å². The number of nitrogens with zero attached hydrogens (tertiary/aromatic N) is 3. The van der Waals surface area contributed by atoms with E-state index in [0.717, 1.165) is 39.8 Å². The predicted octanol–water partition coefficient (Wildman–Crippen LogP) is 7.16. The molecule has 0 fully saturated rings. The molecule has 0 unspecified atom stereocenters. The van der Waals surface area contributed by atoms with E-state index in [1.54, 1.807) is 30.0 Å². The van der Waals surface area contributed by atoms with Crippen molar-refractivity contribution in [3.63, 3.8) is 0 Å². The van der Waals surface area contributed by atoms with Gasteiger partial charge >= 0.3 is 6.18 Å². The maximum atomic E-state index is 13.0. The summed E-state index contributed by atoms with van der Waals surface area (Å²) in [5, 5.41) is 12.5. The van der Waals surface area contributed by atoms with Gasteiger partial charge in [0.25, 0.3) is 5.91 Å². The Bertz CT molecular complexity index is 1590. The normalized spacial score (nSPS) is 11.4. The molecule has 0 aliphatic carbocycles. The van der Waals surface area contributed by atoms with Gasteiger partial charge in [-0.25, -0.2) is 0 Å². The molecule has 0 radical (unpaired) electrons. The highest BCUT2D eigenvalue weighted by atomic mass is 32.2. The molecule has 1 heterocycles. The highest BCUT2D eigenvalue weighted by Crippen LogP contribution is 2.29. The fraction of sp³-hybridized carbons (Fsp3) is 0.156. The number of alkyl halides is 3. The van der Waals surface area contributed by atoms with Crippen molar-refractivity contribution in [2.24, 2.45) is 0 Å². The van der Waals surface area contributed by atoms with Gasteiger partial charge in [-0.1, -0.05) is 96.7 Å². The fourth-order valence-electron chi connectivity index (χ4n) is 4.30. The Balaban J connectivity index is 1.23. The molecule has 9 heteroatoms. The van der Waals surface area contributed by atoms with E-state index < -0.39 is 11.7 Å². The quantitative estimate of drug-likeness (QED) is 0.181. The van der Waals surface area contributed by atoms with E-state index >= 15 is 0 Å². The second-order valence-electron chi connectivity index (χ2n) is 9.50. The lowest BCUT2D eigenvalue weighted by Gasteiger charge is -2.11. The topological polar surface area (TPSA) is 59.8 Å². The molecule has 0 aliphatic rings. The summed E-state index contributed by atoms with van der Waals surface area (Å²) in [6.45, 7) is 0.659. The third-order valence-electron chi connectivity index (χ3n) is 6.47. The molecule has 41 heavy (non-hydrogen) atoms. The Morgan fingerprint density at radius 3 is 2.10 bits per heavy atom. The first-order valence-electron chi connectivity index (χ1n) is 13.0. The molecule has 0 bridgehead atoms. The molecule has 5 aromatic rings. The van der Waals surface area contributed by atoms with E-state index in [9.17, 15) is 18.0 Å². The Labute approximate surface area is 240 Å².